The molecule has 1 fully saturated rings. The summed E-state index contributed by atoms with van der Waals surface area (Å²) in [5, 5.41) is 10.9. The summed E-state index contributed by atoms with van der Waals surface area (Å²) in [5.74, 6) is -1.13. The Morgan fingerprint density at radius 3 is 2.52 bits per heavy atom. The molecule has 0 N–H and O–H groups in total. The Kier molecular flexibility index (Phi) is 6.29. The highest BCUT2D eigenvalue weighted by Gasteiger charge is 2.26. The average Bonchev–Trinajstić information content (AvgIpc) is 2.57. The second kappa shape index (κ2) is 8.43. The average molecular weight is 352 g/mol. The van der Waals surface area contributed by atoms with Crippen LogP contribution >= 0.6 is 0 Å². The monoisotopic (exact) mass is 352 g/mol. The first-order valence-corrected chi connectivity index (χ1v) is 7.82. The molecule has 2 atom stereocenters. The van der Waals surface area contributed by atoms with Gasteiger partial charge in [-0.05, 0) is 19.9 Å². The lowest BCUT2D eigenvalue weighted by molar-refractivity contribution is -0.385. The molecule has 0 aromatic heterocycles. The molecule has 0 radical (unpaired) electrons. The Hall–Kier alpha value is -2.68. The zero-order valence-corrected chi connectivity index (χ0v) is 14.0. The number of esters is 1. The molecule has 1 amide bonds. The van der Waals surface area contributed by atoms with Gasteiger partial charge in [-0.15, -0.1) is 0 Å². The summed E-state index contributed by atoms with van der Waals surface area (Å²) in [4.78, 5) is 35.6. The van der Waals surface area contributed by atoms with Gasteiger partial charge < -0.3 is 19.1 Å². The fourth-order valence-corrected chi connectivity index (χ4v) is 2.52. The van der Waals surface area contributed by atoms with Crippen LogP contribution < -0.4 is 4.74 Å². The van der Waals surface area contributed by atoms with Gasteiger partial charge in [0.05, 0.1) is 17.1 Å². The molecule has 1 aliphatic heterocycles. The summed E-state index contributed by atoms with van der Waals surface area (Å²) in [7, 11) is 0. The number of para-hydroxylation sites is 2. The van der Waals surface area contributed by atoms with Crippen molar-refractivity contribution < 1.29 is 28.7 Å². The fourth-order valence-electron chi connectivity index (χ4n) is 2.52. The number of carbonyl (C=O) groups is 2. The lowest BCUT2D eigenvalue weighted by Gasteiger charge is -2.35. The normalized spacial score (nSPS) is 20.0. The van der Waals surface area contributed by atoms with Crippen molar-refractivity contribution in [1.29, 1.82) is 0 Å². The molecule has 1 aromatic rings. The van der Waals surface area contributed by atoms with Crippen molar-refractivity contribution >= 4 is 17.6 Å². The van der Waals surface area contributed by atoms with Crippen LogP contribution in [0.5, 0.6) is 5.75 Å². The highest BCUT2D eigenvalue weighted by Crippen LogP contribution is 2.25. The van der Waals surface area contributed by atoms with E-state index in [4.69, 9.17) is 14.2 Å². The van der Waals surface area contributed by atoms with Crippen molar-refractivity contribution in [2.45, 2.75) is 26.1 Å². The number of nitrogens with zero attached hydrogens (tertiary/aromatic N) is 2. The minimum atomic E-state index is -0.777. The fraction of sp³-hybridized carbons (Fsp3) is 0.500. The smallest absolute Gasteiger partial charge is 0.344 e. The van der Waals surface area contributed by atoms with Crippen LogP contribution in [0.3, 0.4) is 0 Å². The van der Waals surface area contributed by atoms with Crippen LogP contribution in [0.1, 0.15) is 13.8 Å². The molecule has 9 heteroatoms. The lowest BCUT2D eigenvalue weighted by Crippen LogP contribution is -2.49. The van der Waals surface area contributed by atoms with Crippen LogP contribution in [-0.4, -0.2) is 60.2 Å². The predicted octanol–water partition coefficient (Wildman–Crippen LogP) is 1.15. The molecule has 9 nitrogen and oxygen atoms in total. The first kappa shape index (κ1) is 18.7. The summed E-state index contributed by atoms with van der Waals surface area (Å²) in [6.45, 7) is 3.68. The Morgan fingerprint density at radius 1 is 1.24 bits per heavy atom. The number of rotatable bonds is 6. The number of carbonyl (C=O) groups excluding carboxylic acids is 2. The van der Waals surface area contributed by atoms with Crippen molar-refractivity contribution in [3.05, 3.63) is 34.4 Å². The van der Waals surface area contributed by atoms with E-state index in [1.54, 1.807) is 11.0 Å². The second-order valence-corrected chi connectivity index (χ2v) is 5.73. The Labute approximate surface area is 144 Å². The van der Waals surface area contributed by atoms with Gasteiger partial charge in [0.15, 0.2) is 19.0 Å². The standard InChI is InChI=1S/C16H20N2O7/c1-11-7-17(8-12(2)25-11)15(19)9-24-16(20)10-23-14-6-4-3-5-13(14)18(21)22/h3-6,11-12H,7-10H2,1-2H3/t11-,12+. The van der Waals surface area contributed by atoms with Crippen LogP contribution in [0.2, 0.25) is 0 Å². The number of morpholine rings is 1. The maximum atomic E-state index is 12.1. The van der Waals surface area contributed by atoms with Gasteiger partial charge in [0.2, 0.25) is 0 Å². The van der Waals surface area contributed by atoms with Gasteiger partial charge in [-0.1, -0.05) is 12.1 Å². The number of ether oxygens (including phenoxy) is 3. The summed E-state index contributed by atoms with van der Waals surface area (Å²) in [6, 6.07) is 5.70. The van der Waals surface area contributed by atoms with Gasteiger partial charge in [0, 0.05) is 19.2 Å². The maximum Gasteiger partial charge on any atom is 0.344 e. The molecule has 0 spiro atoms. The molecule has 2 rings (SSSR count). The van der Waals surface area contributed by atoms with Gasteiger partial charge in [-0.3, -0.25) is 14.9 Å². The van der Waals surface area contributed by atoms with Gasteiger partial charge in [0.25, 0.3) is 5.91 Å². The summed E-state index contributed by atoms with van der Waals surface area (Å²) in [5.41, 5.74) is -0.248. The van der Waals surface area contributed by atoms with Crippen molar-refractivity contribution in [3.63, 3.8) is 0 Å². The van der Waals surface area contributed by atoms with E-state index in [-0.39, 0.29) is 29.6 Å². The SMILES string of the molecule is C[C@@H]1CN(C(=O)COC(=O)COc2ccccc2[N+](=O)[O-])C[C@H](C)O1. The molecule has 1 heterocycles. The minimum Gasteiger partial charge on any atom is -0.475 e. The molecule has 1 aromatic carbocycles. The van der Waals surface area contributed by atoms with E-state index in [1.807, 2.05) is 13.8 Å². The first-order chi connectivity index (χ1) is 11.9. The van der Waals surface area contributed by atoms with Crippen molar-refractivity contribution in [1.82, 2.24) is 4.90 Å². The predicted molar refractivity (Wildman–Crippen MR) is 86.1 cm³/mol. The van der Waals surface area contributed by atoms with E-state index >= 15 is 0 Å². The van der Waals surface area contributed by atoms with E-state index in [9.17, 15) is 19.7 Å². The second-order valence-electron chi connectivity index (χ2n) is 5.73. The molecule has 136 valence electrons. The molecule has 1 saturated heterocycles. The van der Waals surface area contributed by atoms with E-state index in [0.717, 1.165) is 0 Å². The maximum absolute atomic E-state index is 12.1. The van der Waals surface area contributed by atoms with Crippen LogP contribution in [0.25, 0.3) is 0 Å². The molecular formula is C16H20N2O7. The van der Waals surface area contributed by atoms with E-state index in [2.05, 4.69) is 0 Å². The van der Waals surface area contributed by atoms with E-state index < -0.39 is 24.1 Å². The number of nitro groups is 1. The molecule has 0 unspecified atom stereocenters. The minimum absolute atomic E-state index is 0.0356. The molecule has 0 bridgehead atoms. The van der Waals surface area contributed by atoms with E-state index in [1.165, 1.54) is 18.2 Å². The zero-order chi connectivity index (χ0) is 18.4. The van der Waals surface area contributed by atoms with Crippen molar-refractivity contribution in [2.24, 2.45) is 0 Å². The molecular weight excluding hydrogens is 332 g/mol. The lowest BCUT2D eigenvalue weighted by atomic mass is 10.2. The van der Waals surface area contributed by atoms with Crippen molar-refractivity contribution in [2.75, 3.05) is 26.3 Å². The van der Waals surface area contributed by atoms with Gasteiger partial charge >= 0.3 is 11.7 Å². The van der Waals surface area contributed by atoms with Gasteiger partial charge in [0.1, 0.15) is 0 Å². The highest BCUT2D eigenvalue weighted by atomic mass is 16.6. The van der Waals surface area contributed by atoms with Crippen LogP contribution in [0.4, 0.5) is 5.69 Å². The topological polar surface area (TPSA) is 108 Å². The zero-order valence-electron chi connectivity index (χ0n) is 14.0. The molecule has 0 saturated carbocycles. The van der Waals surface area contributed by atoms with Crippen LogP contribution in [0.15, 0.2) is 24.3 Å². The number of hydrogen-bond acceptors (Lipinski definition) is 7. The third-order valence-corrected chi connectivity index (χ3v) is 3.54. The quantitative estimate of drug-likeness (QED) is 0.429. The largest absolute Gasteiger partial charge is 0.475 e. The first-order valence-electron chi connectivity index (χ1n) is 7.82. The molecule has 0 aliphatic carbocycles. The number of amides is 1. The number of hydrogen-bond donors (Lipinski definition) is 0. The Morgan fingerprint density at radius 2 is 1.88 bits per heavy atom. The number of benzene rings is 1. The third kappa shape index (κ3) is 5.42. The Bertz CT molecular complexity index is 639. The molecule has 1 aliphatic rings. The van der Waals surface area contributed by atoms with Gasteiger partial charge in [-0.2, -0.15) is 0 Å². The Balaban J connectivity index is 1.79. The molecule has 25 heavy (non-hydrogen) atoms. The van der Waals surface area contributed by atoms with Crippen LogP contribution in [0, 0.1) is 10.1 Å². The number of nitro benzene ring substituents is 1. The van der Waals surface area contributed by atoms with Crippen molar-refractivity contribution in [3.8, 4) is 5.75 Å². The summed E-state index contributed by atoms with van der Waals surface area (Å²) in [6.07, 6.45) is -0.157. The van der Waals surface area contributed by atoms with Gasteiger partial charge in [-0.25, -0.2) is 4.79 Å². The third-order valence-electron chi connectivity index (χ3n) is 3.54. The van der Waals surface area contributed by atoms with Crippen LogP contribution in [-0.2, 0) is 19.1 Å². The summed E-state index contributed by atoms with van der Waals surface area (Å²) < 4.78 is 15.5. The highest BCUT2D eigenvalue weighted by molar-refractivity contribution is 5.81. The summed E-state index contributed by atoms with van der Waals surface area (Å²) >= 11 is 0. The van der Waals surface area contributed by atoms with E-state index in [0.29, 0.717) is 13.1 Å².